The van der Waals surface area contributed by atoms with E-state index < -0.39 is 10.0 Å². The number of hydrogen-bond acceptors (Lipinski definition) is 6. The van der Waals surface area contributed by atoms with E-state index in [0.29, 0.717) is 17.5 Å². The van der Waals surface area contributed by atoms with E-state index in [1.54, 1.807) is 42.5 Å². The molecule has 0 fully saturated rings. The highest BCUT2D eigenvalue weighted by molar-refractivity contribution is 7.92. The van der Waals surface area contributed by atoms with Gasteiger partial charge in [0, 0.05) is 28.8 Å². The van der Waals surface area contributed by atoms with Crippen molar-refractivity contribution >= 4 is 38.9 Å². The molecule has 0 spiro atoms. The van der Waals surface area contributed by atoms with Gasteiger partial charge in [-0.1, -0.05) is 30.3 Å². The number of anilines is 5. The van der Waals surface area contributed by atoms with Crippen LogP contribution in [-0.2, 0) is 10.0 Å². The molecule has 0 bridgehead atoms. The van der Waals surface area contributed by atoms with Crippen LogP contribution < -0.4 is 15.4 Å². The molecule has 1 heterocycles. The van der Waals surface area contributed by atoms with Crippen LogP contribution in [0.1, 0.15) is 11.3 Å². The molecule has 0 aliphatic rings. The number of aromatic nitrogens is 2. The lowest BCUT2D eigenvalue weighted by Crippen LogP contribution is -2.13. The molecular weight excluding hydrogens is 422 g/mol. The Labute approximate surface area is 187 Å². The van der Waals surface area contributed by atoms with Crippen molar-refractivity contribution in [1.82, 2.24) is 9.97 Å². The molecule has 3 aromatic carbocycles. The predicted octanol–water partition coefficient (Wildman–Crippen LogP) is 5.38. The molecule has 7 nitrogen and oxygen atoms in total. The summed E-state index contributed by atoms with van der Waals surface area (Å²) in [4.78, 5) is 9.16. The molecule has 0 saturated carbocycles. The fourth-order valence-corrected chi connectivity index (χ4v) is 4.27. The van der Waals surface area contributed by atoms with Gasteiger partial charge in [0.15, 0.2) is 0 Å². The molecule has 0 unspecified atom stereocenters. The van der Waals surface area contributed by atoms with Crippen molar-refractivity contribution in [3.63, 3.8) is 0 Å². The zero-order valence-corrected chi connectivity index (χ0v) is 18.5. The maximum atomic E-state index is 12.6. The largest absolute Gasteiger partial charge is 0.340 e. The number of nitrogens with one attached hydrogen (secondary N) is 3. The molecule has 0 amide bonds. The van der Waals surface area contributed by atoms with E-state index >= 15 is 0 Å². The van der Waals surface area contributed by atoms with E-state index in [1.807, 2.05) is 56.3 Å². The second-order valence-corrected chi connectivity index (χ2v) is 9.02. The van der Waals surface area contributed by atoms with Crippen LogP contribution in [-0.4, -0.2) is 18.4 Å². The normalized spacial score (nSPS) is 11.1. The van der Waals surface area contributed by atoms with Crippen molar-refractivity contribution in [3.8, 4) is 0 Å². The Morgan fingerprint density at radius 1 is 0.688 bits per heavy atom. The minimum Gasteiger partial charge on any atom is -0.340 e. The smallest absolute Gasteiger partial charge is 0.261 e. The van der Waals surface area contributed by atoms with Crippen molar-refractivity contribution in [2.24, 2.45) is 0 Å². The van der Waals surface area contributed by atoms with Gasteiger partial charge in [-0.15, -0.1) is 0 Å². The Bertz CT molecular complexity index is 1320. The summed E-state index contributed by atoms with van der Waals surface area (Å²) in [5.41, 5.74) is 3.82. The molecule has 4 rings (SSSR count). The summed E-state index contributed by atoms with van der Waals surface area (Å²) in [6, 6.07) is 25.3. The van der Waals surface area contributed by atoms with E-state index in [4.69, 9.17) is 0 Å². The Hall–Kier alpha value is -3.91. The minimum absolute atomic E-state index is 0.228. The van der Waals surface area contributed by atoms with Crippen LogP contribution in [0.2, 0.25) is 0 Å². The minimum atomic E-state index is -3.65. The quantitative estimate of drug-likeness (QED) is 0.353. The maximum Gasteiger partial charge on any atom is 0.261 e. The third kappa shape index (κ3) is 5.41. The third-order valence-corrected chi connectivity index (χ3v) is 5.97. The van der Waals surface area contributed by atoms with Crippen molar-refractivity contribution < 1.29 is 8.42 Å². The fourth-order valence-electron chi connectivity index (χ4n) is 3.11. The first-order valence-electron chi connectivity index (χ1n) is 10.0. The summed E-state index contributed by atoms with van der Waals surface area (Å²) >= 11 is 0. The van der Waals surface area contributed by atoms with Gasteiger partial charge in [-0.2, -0.15) is 4.98 Å². The maximum absolute atomic E-state index is 12.6. The summed E-state index contributed by atoms with van der Waals surface area (Å²) < 4.78 is 27.8. The van der Waals surface area contributed by atoms with Gasteiger partial charge in [-0.3, -0.25) is 4.72 Å². The van der Waals surface area contributed by atoms with Crippen LogP contribution >= 0.6 is 0 Å². The highest BCUT2D eigenvalue weighted by Gasteiger charge is 2.14. The van der Waals surface area contributed by atoms with E-state index in [-0.39, 0.29) is 4.90 Å². The number of nitrogens with zero attached hydrogens (tertiary/aromatic N) is 2. The van der Waals surface area contributed by atoms with E-state index in [0.717, 1.165) is 22.6 Å². The van der Waals surface area contributed by atoms with Gasteiger partial charge in [0.2, 0.25) is 5.95 Å². The first kappa shape index (κ1) is 21.3. The van der Waals surface area contributed by atoms with Crippen LogP contribution in [0.25, 0.3) is 0 Å². The molecule has 0 aliphatic carbocycles. The van der Waals surface area contributed by atoms with Gasteiger partial charge in [0.1, 0.15) is 5.82 Å². The molecule has 0 atom stereocenters. The fraction of sp³-hybridized carbons (Fsp3) is 0.0833. The monoisotopic (exact) mass is 445 g/mol. The summed E-state index contributed by atoms with van der Waals surface area (Å²) in [5, 5.41) is 6.42. The van der Waals surface area contributed by atoms with Crippen LogP contribution in [0.5, 0.6) is 0 Å². The molecule has 32 heavy (non-hydrogen) atoms. The molecule has 0 aliphatic heterocycles. The Morgan fingerprint density at radius 2 is 1.38 bits per heavy atom. The Morgan fingerprint density at radius 3 is 2.09 bits per heavy atom. The molecule has 0 saturated heterocycles. The molecule has 3 N–H and O–H groups in total. The molecule has 162 valence electrons. The summed E-state index contributed by atoms with van der Waals surface area (Å²) in [6.07, 6.45) is 0. The predicted molar refractivity (Wildman–Crippen MR) is 128 cm³/mol. The molecule has 4 aromatic rings. The van der Waals surface area contributed by atoms with Gasteiger partial charge in [-0.25, -0.2) is 13.4 Å². The first-order chi connectivity index (χ1) is 15.4. The van der Waals surface area contributed by atoms with E-state index in [9.17, 15) is 8.42 Å². The summed E-state index contributed by atoms with van der Waals surface area (Å²) in [5.74, 6) is 1.12. The van der Waals surface area contributed by atoms with Crippen molar-refractivity contribution in [3.05, 3.63) is 96.2 Å². The molecular formula is C24H23N5O2S. The lowest BCUT2D eigenvalue weighted by Gasteiger charge is -2.11. The first-order valence-corrected chi connectivity index (χ1v) is 11.5. The van der Waals surface area contributed by atoms with E-state index in [2.05, 4.69) is 25.3 Å². The number of benzene rings is 3. The van der Waals surface area contributed by atoms with Crippen LogP contribution in [0.15, 0.2) is 89.8 Å². The molecule has 1 aromatic heterocycles. The SMILES string of the molecule is Cc1cccc(S(=O)(=O)Nc2ccc(Nc3nc(C)cc(Nc4ccccc4)n3)cc2)c1. The van der Waals surface area contributed by atoms with Crippen molar-refractivity contribution in [2.75, 3.05) is 15.4 Å². The van der Waals surface area contributed by atoms with Gasteiger partial charge in [-0.05, 0) is 67.9 Å². The lowest BCUT2D eigenvalue weighted by molar-refractivity contribution is 0.601. The topological polar surface area (TPSA) is 96.0 Å². The zero-order valence-electron chi connectivity index (χ0n) is 17.7. The van der Waals surface area contributed by atoms with Gasteiger partial charge < -0.3 is 10.6 Å². The third-order valence-electron chi connectivity index (χ3n) is 4.59. The number of hydrogen-bond donors (Lipinski definition) is 3. The second kappa shape index (κ2) is 9.07. The summed E-state index contributed by atoms with van der Waals surface area (Å²) in [7, 11) is -3.65. The summed E-state index contributed by atoms with van der Waals surface area (Å²) in [6.45, 7) is 3.75. The highest BCUT2D eigenvalue weighted by atomic mass is 32.2. The second-order valence-electron chi connectivity index (χ2n) is 7.33. The average molecular weight is 446 g/mol. The van der Waals surface area contributed by atoms with Crippen LogP contribution in [0.3, 0.4) is 0 Å². The highest BCUT2D eigenvalue weighted by Crippen LogP contribution is 2.22. The van der Waals surface area contributed by atoms with Gasteiger partial charge in [0.05, 0.1) is 4.90 Å². The Kier molecular flexibility index (Phi) is 6.04. The number of aryl methyl sites for hydroxylation is 2. The Balaban J connectivity index is 1.47. The zero-order chi connectivity index (χ0) is 22.6. The standard InChI is InChI=1S/C24H23N5O2S/c1-17-7-6-10-22(15-17)32(30,31)29-21-13-11-20(12-14-21)27-24-25-18(2)16-23(28-24)26-19-8-4-3-5-9-19/h3-16,29H,1-2H3,(H2,25,26,27,28). The number of para-hydroxylation sites is 1. The lowest BCUT2D eigenvalue weighted by atomic mass is 10.2. The number of rotatable bonds is 7. The molecule has 0 radical (unpaired) electrons. The molecule has 8 heteroatoms. The van der Waals surface area contributed by atoms with Gasteiger partial charge >= 0.3 is 0 Å². The van der Waals surface area contributed by atoms with Gasteiger partial charge in [0.25, 0.3) is 10.0 Å². The number of sulfonamides is 1. The van der Waals surface area contributed by atoms with Crippen molar-refractivity contribution in [2.45, 2.75) is 18.7 Å². The van der Waals surface area contributed by atoms with E-state index in [1.165, 1.54) is 0 Å². The van der Waals surface area contributed by atoms with Crippen LogP contribution in [0, 0.1) is 13.8 Å². The average Bonchev–Trinajstić information content (AvgIpc) is 2.75. The van der Waals surface area contributed by atoms with Crippen LogP contribution in [0.4, 0.5) is 28.8 Å². The van der Waals surface area contributed by atoms with Crippen molar-refractivity contribution in [1.29, 1.82) is 0 Å².